The molecule has 2 aliphatic heterocycles. The van der Waals surface area contributed by atoms with Gasteiger partial charge in [-0.05, 0) is 29.1 Å². The molecule has 5 rings (SSSR count). The zero-order valence-corrected chi connectivity index (χ0v) is 16.9. The van der Waals surface area contributed by atoms with Gasteiger partial charge >= 0.3 is 0 Å². The number of hydrogen-bond donors (Lipinski definition) is 0. The minimum atomic E-state index is -0.319. The fourth-order valence-corrected chi connectivity index (χ4v) is 4.22. The number of ether oxygens (including phenoxy) is 1. The topological polar surface area (TPSA) is 49.9 Å². The molecule has 2 heterocycles. The van der Waals surface area contributed by atoms with Gasteiger partial charge in [-0.3, -0.25) is 9.59 Å². The van der Waals surface area contributed by atoms with Crippen molar-refractivity contribution in [1.82, 2.24) is 4.90 Å². The van der Waals surface area contributed by atoms with Crippen LogP contribution in [0.15, 0.2) is 72.4 Å². The molecule has 3 aromatic carbocycles. The zero-order valence-electron chi connectivity index (χ0n) is 16.2. The molecule has 2 amide bonds. The molecule has 30 heavy (non-hydrogen) atoms. The van der Waals surface area contributed by atoms with E-state index in [1.165, 1.54) is 4.90 Å². The fraction of sp³-hybridized carbons (Fsp3) is 0.167. The molecule has 0 bridgehead atoms. The molecule has 3 aromatic rings. The van der Waals surface area contributed by atoms with Gasteiger partial charge in [-0.15, -0.1) is 0 Å². The highest BCUT2D eigenvalue weighted by Crippen LogP contribution is 2.38. The lowest BCUT2D eigenvalue weighted by atomic mass is 10.0. The van der Waals surface area contributed by atoms with Crippen LogP contribution in [0, 0.1) is 0 Å². The molecule has 1 fully saturated rings. The van der Waals surface area contributed by atoms with E-state index in [0.717, 1.165) is 10.8 Å². The van der Waals surface area contributed by atoms with Gasteiger partial charge in [0.05, 0.1) is 24.5 Å². The van der Waals surface area contributed by atoms with Crippen LogP contribution in [0.1, 0.15) is 5.56 Å². The van der Waals surface area contributed by atoms with Crippen molar-refractivity contribution in [2.24, 2.45) is 0 Å². The second kappa shape index (κ2) is 7.59. The third kappa shape index (κ3) is 3.07. The second-order valence-corrected chi connectivity index (χ2v) is 7.71. The molecule has 0 spiro atoms. The van der Waals surface area contributed by atoms with Gasteiger partial charge in [0.1, 0.15) is 5.70 Å². The number of nitrogens with zero attached hydrogens (tertiary/aromatic N) is 2. The maximum Gasteiger partial charge on any atom is 0.282 e. The Morgan fingerprint density at radius 1 is 0.800 bits per heavy atom. The molecule has 0 aliphatic carbocycles. The summed E-state index contributed by atoms with van der Waals surface area (Å²) in [5.74, 6) is -0.622. The third-order valence-electron chi connectivity index (χ3n) is 5.53. The van der Waals surface area contributed by atoms with Gasteiger partial charge in [0.25, 0.3) is 11.8 Å². The predicted octanol–water partition coefficient (Wildman–Crippen LogP) is 4.11. The van der Waals surface area contributed by atoms with E-state index in [4.69, 9.17) is 16.3 Å². The number of halogens is 1. The minimum Gasteiger partial charge on any atom is -0.378 e. The molecule has 1 saturated heterocycles. The lowest BCUT2D eigenvalue weighted by Crippen LogP contribution is -2.40. The molecule has 0 unspecified atom stereocenters. The van der Waals surface area contributed by atoms with Gasteiger partial charge in [-0.25, -0.2) is 4.90 Å². The quantitative estimate of drug-likeness (QED) is 0.601. The molecular formula is C24H19ClN2O3. The predicted molar refractivity (Wildman–Crippen MR) is 117 cm³/mol. The Bertz CT molecular complexity index is 1180. The van der Waals surface area contributed by atoms with Gasteiger partial charge in [0, 0.05) is 23.5 Å². The molecule has 6 heteroatoms. The number of carbonyl (C=O) groups is 2. The minimum absolute atomic E-state index is 0.303. The van der Waals surface area contributed by atoms with Crippen molar-refractivity contribution in [3.05, 3.63) is 83.0 Å². The number of hydrogen-bond acceptors (Lipinski definition) is 4. The Morgan fingerprint density at radius 2 is 1.50 bits per heavy atom. The maximum absolute atomic E-state index is 13.7. The van der Waals surface area contributed by atoms with Crippen LogP contribution in [-0.2, 0) is 14.3 Å². The van der Waals surface area contributed by atoms with Gasteiger partial charge in [0.15, 0.2) is 0 Å². The average molecular weight is 419 g/mol. The first kappa shape index (κ1) is 18.9. The normalized spacial score (nSPS) is 17.4. The molecule has 5 nitrogen and oxygen atoms in total. The molecule has 0 radical (unpaired) electrons. The zero-order chi connectivity index (χ0) is 20.7. The first-order chi connectivity index (χ1) is 14.6. The molecule has 150 valence electrons. The Morgan fingerprint density at radius 3 is 2.27 bits per heavy atom. The molecule has 0 atom stereocenters. The summed E-state index contributed by atoms with van der Waals surface area (Å²) in [6, 6.07) is 20.5. The van der Waals surface area contributed by atoms with Crippen molar-refractivity contribution >= 4 is 45.4 Å². The van der Waals surface area contributed by atoms with Gasteiger partial charge < -0.3 is 9.64 Å². The molecule has 0 aromatic heterocycles. The fourth-order valence-electron chi connectivity index (χ4n) is 4.10. The van der Waals surface area contributed by atoms with Crippen LogP contribution >= 0.6 is 11.6 Å². The second-order valence-electron chi connectivity index (χ2n) is 7.27. The highest BCUT2D eigenvalue weighted by Gasteiger charge is 2.43. The number of imide groups is 1. The number of anilines is 1. The third-order valence-corrected chi connectivity index (χ3v) is 5.78. The number of amides is 2. The van der Waals surface area contributed by atoms with Crippen LogP contribution in [0.3, 0.4) is 0 Å². The van der Waals surface area contributed by atoms with Crippen LogP contribution in [-0.4, -0.2) is 43.0 Å². The van der Waals surface area contributed by atoms with Gasteiger partial charge in [-0.2, -0.15) is 0 Å². The maximum atomic E-state index is 13.7. The summed E-state index contributed by atoms with van der Waals surface area (Å²) in [6.45, 7) is 2.17. The summed E-state index contributed by atoms with van der Waals surface area (Å²) in [7, 11) is 0. The summed E-state index contributed by atoms with van der Waals surface area (Å²) < 4.78 is 5.46. The standard InChI is InChI=1S/C24H19ClN2O3/c25-18-10-8-17(9-11-18)21-22(26-12-14-30-15-13-26)24(29)27(23(21)28)20-7-3-5-16-4-1-2-6-19(16)20/h1-11H,12-15H2. The van der Waals surface area contributed by atoms with E-state index in [9.17, 15) is 9.59 Å². The molecular weight excluding hydrogens is 400 g/mol. The highest BCUT2D eigenvalue weighted by molar-refractivity contribution is 6.46. The van der Waals surface area contributed by atoms with E-state index < -0.39 is 0 Å². The summed E-state index contributed by atoms with van der Waals surface area (Å²) >= 11 is 6.05. The van der Waals surface area contributed by atoms with Crippen LogP contribution in [0.4, 0.5) is 5.69 Å². The highest BCUT2D eigenvalue weighted by atomic mass is 35.5. The van der Waals surface area contributed by atoms with Crippen molar-refractivity contribution in [3.63, 3.8) is 0 Å². The van der Waals surface area contributed by atoms with E-state index >= 15 is 0 Å². The van der Waals surface area contributed by atoms with E-state index in [1.807, 2.05) is 47.4 Å². The van der Waals surface area contributed by atoms with Crippen molar-refractivity contribution in [2.75, 3.05) is 31.2 Å². The van der Waals surface area contributed by atoms with Crippen molar-refractivity contribution in [3.8, 4) is 0 Å². The Hall–Kier alpha value is -3.15. The Labute approximate surface area is 179 Å². The van der Waals surface area contributed by atoms with Crippen LogP contribution in [0.5, 0.6) is 0 Å². The molecule has 0 N–H and O–H groups in total. The lowest BCUT2D eigenvalue weighted by molar-refractivity contribution is -0.121. The first-order valence-corrected chi connectivity index (χ1v) is 10.2. The number of rotatable bonds is 3. The lowest BCUT2D eigenvalue weighted by Gasteiger charge is -2.29. The van der Waals surface area contributed by atoms with Crippen molar-refractivity contribution in [1.29, 1.82) is 0 Å². The van der Waals surface area contributed by atoms with Gasteiger partial charge in [-0.1, -0.05) is 60.1 Å². The van der Waals surface area contributed by atoms with Crippen LogP contribution in [0.25, 0.3) is 16.3 Å². The SMILES string of the molecule is O=C1C(c2ccc(Cl)cc2)=C(N2CCOCC2)C(=O)N1c1cccc2ccccc12. The van der Waals surface area contributed by atoms with E-state index in [0.29, 0.717) is 53.8 Å². The first-order valence-electron chi connectivity index (χ1n) is 9.84. The number of morpholine rings is 1. The van der Waals surface area contributed by atoms with E-state index in [2.05, 4.69) is 0 Å². The average Bonchev–Trinajstić information content (AvgIpc) is 3.04. The molecule has 2 aliphatic rings. The number of fused-ring (bicyclic) bond motifs is 1. The Kier molecular flexibility index (Phi) is 4.77. The van der Waals surface area contributed by atoms with Crippen molar-refractivity contribution in [2.45, 2.75) is 0 Å². The summed E-state index contributed by atoms with van der Waals surface area (Å²) in [5.41, 5.74) is 2.12. The summed E-state index contributed by atoms with van der Waals surface area (Å²) in [4.78, 5) is 30.6. The number of carbonyl (C=O) groups excluding carboxylic acids is 2. The summed E-state index contributed by atoms with van der Waals surface area (Å²) in [6.07, 6.45) is 0. The van der Waals surface area contributed by atoms with Crippen molar-refractivity contribution < 1.29 is 14.3 Å². The van der Waals surface area contributed by atoms with E-state index in [1.54, 1.807) is 24.3 Å². The largest absolute Gasteiger partial charge is 0.378 e. The van der Waals surface area contributed by atoms with Gasteiger partial charge in [0.2, 0.25) is 0 Å². The summed E-state index contributed by atoms with van der Waals surface area (Å²) in [5, 5.41) is 2.42. The monoisotopic (exact) mass is 418 g/mol. The van der Waals surface area contributed by atoms with Crippen LogP contribution in [0.2, 0.25) is 5.02 Å². The Balaban J connectivity index is 1.67. The molecule has 0 saturated carbocycles. The number of benzene rings is 3. The smallest absolute Gasteiger partial charge is 0.282 e. The van der Waals surface area contributed by atoms with E-state index in [-0.39, 0.29) is 11.8 Å². The van der Waals surface area contributed by atoms with Crippen LogP contribution < -0.4 is 4.90 Å².